The van der Waals surface area contributed by atoms with Gasteiger partial charge in [0.05, 0.1) is 6.33 Å². The molecule has 1 aliphatic heterocycles. The minimum Gasteiger partial charge on any atom is -0.458 e. The lowest BCUT2D eigenvalue weighted by atomic mass is 10.1. The summed E-state index contributed by atoms with van der Waals surface area (Å²) in [7, 11) is 0.695. The number of anilines is 1. The van der Waals surface area contributed by atoms with Crippen molar-refractivity contribution in [2.75, 3.05) is 25.5 Å². The number of esters is 1. The second-order valence-electron chi connectivity index (χ2n) is 10.3. The smallest absolute Gasteiger partial charge is 0.414 e. The van der Waals surface area contributed by atoms with Crippen molar-refractivity contribution in [1.29, 1.82) is 0 Å². The van der Waals surface area contributed by atoms with E-state index in [9.17, 15) is 22.8 Å². The van der Waals surface area contributed by atoms with E-state index in [1.54, 1.807) is 41.9 Å². The van der Waals surface area contributed by atoms with Gasteiger partial charge in [0.1, 0.15) is 23.4 Å². The van der Waals surface area contributed by atoms with Gasteiger partial charge in [-0.3, -0.25) is 9.69 Å². The topological polar surface area (TPSA) is 131 Å². The van der Waals surface area contributed by atoms with Gasteiger partial charge < -0.3 is 18.9 Å². The van der Waals surface area contributed by atoms with E-state index in [1.807, 2.05) is 0 Å². The van der Waals surface area contributed by atoms with Crippen LogP contribution in [0, 0.1) is 0 Å². The van der Waals surface area contributed by atoms with Crippen LogP contribution < -0.4 is 9.64 Å². The summed E-state index contributed by atoms with van der Waals surface area (Å²) in [4.78, 5) is 45.4. The summed E-state index contributed by atoms with van der Waals surface area (Å²) in [5.41, 5.74) is -0.480. The van der Waals surface area contributed by atoms with E-state index in [-0.39, 0.29) is 23.7 Å². The number of imidazole rings is 1. The maximum absolute atomic E-state index is 14.0. The number of carbonyl (C=O) groups excluding carboxylic acids is 3. The van der Waals surface area contributed by atoms with E-state index in [2.05, 4.69) is 4.98 Å². The Balaban J connectivity index is 1.97. The molecule has 2 amide bonds. The molecule has 3 rings (SSSR count). The molecule has 0 aliphatic carbocycles. The van der Waals surface area contributed by atoms with Crippen LogP contribution in [0.2, 0.25) is 0 Å². The number of ether oxygens (including phenoxy) is 2. The molecule has 1 saturated heterocycles. The Morgan fingerprint density at radius 1 is 1.13 bits per heavy atom. The number of sulfonamides is 1. The third-order valence-corrected chi connectivity index (χ3v) is 7.59. The molecule has 0 unspecified atom stereocenters. The average Bonchev–Trinajstić information content (AvgIpc) is 3.49. The van der Waals surface area contributed by atoms with Gasteiger partial charge in [-0.25, -0.2) is 23.0 Å². The van der Waals surface area contributed by atoms with Gasteiger partial charge in [-0.2, -0.15) is 4.31 Å². The Morgan fingerprint density at radius 2 is 1.76 bits per heavy atom. The normalized spacial score (nSPS) is 17.1. The summed E-state index contributed by atoms with van der Waals surface area (Å²) in [5, 5.41) is -0.154. The molecule has 208 valence electrons. The third-order valence-electron chi connectivity index (χ3n) is 5.80. The largest absolute Gasteiger partial charge is 0.458 e. The monoisotopic (exact) mass is 549 g/mol. The fourth-order valence-electron chi connectivity index (χ4n) is 3.98. The van der Waals surface area contributed by atoms with E-state index >= 15 is 0 Å². The molecule has 13 heteroatoms. The number of aryl methyl sites for hydroxylation is 1. The molecule has 0 spiro atoms. The van der Waals surface area contributed by atoms with Crippen LogP contribution in [0.3, 0.4) is 0 Å². The summed E-state index contributed by atoms with van der Waals surface area (Å²) in [5.74, 6) is -0.977. The van der Waals surface area contributed by atoms with E-state index in [0.29, 0.717) is 12.1 Å². The van der Waals surface area contributed by atoms with Crippen molar-refractivity contribution in [1.82, 2.24) is 18.8 Å². The molecule has 12 nitrogen and oxygen atoms in total. The van der Waals surface area contributed by atoms with Crippen LogP contribution in [0.25, 0.3) is 0 Å². The number of carbonyl (C=O) groups is 3. The molecule has 0 radical (unpaired) electrons. The van der Waals surface area contributed by atoms with E-state index in [1.165, 1.54) is 58.1 Å². The van der Waals surface area contributed by atoms with Gasteiger partial charge in [0.15, 0.2) is 5.03 Å². The van der Waals surface area contributed by atoms with Crippen LogP contribution in [0.15, 0.2) is 41.8 Å². The zero-order valence-electron chi connectivity index (χ0n) is 22.7. The van der Waals surface area contributed by atoms with Crippen molar-refractivity contribution < 1.29 is 32.3 Å². The minimum absolute atomic E-state index is 0.142. The highest BCUT2D eigenvalue weighted by Crippen LogP contribution is 2.30. The molecule has 1 aliphatic rings. The van der Waals surface area contributed by atoms with Crippen LogP contribution >= 0.6 is 0 Å². The number of aromatic nitrogens is 2. The van der Waals surface area contributed by atoms with Crippen LogP contribution in [0.5, 0.6) is 5.75 Å². The van der Waals surface area contributed by atoms with Gasteiger partial charge in [-0.05, 0) is 64.8 Å². The molecule has 0 bridgehead atoms. The van der Waals surface area contributed by atoms with Crippen molar-refractivity contribution in [3.05, 3.63) is 36.8 Å². The maximum atomic E-state index is 14.0. The van der Waals surface area contributed by atoms with E-state index in [0.717, 1.165) is 4.31 Å². The first-order valence-electron chi connectivity index (χ1n) is 12.2. The first-order valence-corrected chi connectivity index (χ1v) is 13.6. The molecular formula is C25H35N5O7S. The fraction of sp³-hybridized carbons (Fsp3) is 0.520. The summed E-state index contributed by atoms with van der Waals surface area (Å²) in [6.07, 6.45) is 2.93. The maximum Gasteiger partial charge on any atom is 0.414 e. The zero-order valence-corrected chi connectivity index (χ0v) is 23.6. The average molecular weight is 550 g/mol. The van der Waals surface area contributed by atoms with Gasteiger partial charge in [0, 0.05) is 39.6 Å². The van der Waals surface area contributed by atoms with Crippen molar-refractivity contribution in [2.24, 2.45) is 7.05 Å². The Hall–Kier alpha value is -3.45. The first kappa shape index (κ1) is 29.1. The predicted molar refractivity (Wildman–Crippen MR) is 139 cm³/mol. The number of amides is 2. The SMILES string of the molecule is C[C@@H](C(=O)OC(C)(C)C)N(C(=O)[C@@H]1CCCN1S(=O)(=O)c1cn(C)cn1)c1ccc(OC(=O)N(C)C)cc1. The summed E-state index contributed by atoms with van der Waals surface area (Å²) < 4.78 is 40.1. The number of rotatable bonds is 7. The van der Waals surface area contributed by atoms with Gasteiger partial charge >= 0.3 is 12.1 Å². The molecule has 1 fully saturated rings. The van der Waals surface area contributed by atoms with Gasteiger partial charge in [0.25, 0.3) is 10.0 Å². The Labute approximate surface area is 223 Å². The highest BCUT2D eigenvalue weighted by atomic mass is 32.2. The summed E-state index contributed by atoms with van der Waals surface area (Å²) >= 11 is 0. The standard InChI is InChI=1S/C25H35N5O7S/c1-17(23(32)37-25(2,3)4)30(18-10-12-19(13-11-18)36-24(33)27(5)6)22(31)20-9-8-14-29(20)38(34,35)21-15-28(7)16-26-21/h10-13,15-17,20H,8-9,14H2,1-7H3/t17-,20-/m0/s1. The van der Waals surface area contributed by atoms with E-state index in [4.69, 9.17) is 9.47 Å². The zero-order chi connectivity index (χ0) is 28.4. The van der Waals surface area contributed by atoms with E-state index < -0.39 is 45.7 Å². The number of nitrogens with zero attached hydrogens (tertiary/aromatic N) is 5. The second kappa shape index (κ2) is 11.1. The van der Waals surface area contributed by atoms with Gasteiger partial charge in [0.2, 0.25) is 5.91 Å². The van der Waals surface area contributed by atoms with Gasteiger partial charge in [-0.15, -0.1) is 0 Å². The Kier molecular flexibility index (Phi) is 8.52. The number of hydrogen-bond acceptors (Lipinski definition) is 8. The molecular weight excluding hydrogens is 514 g/mol. The van der Waals surface area contributed by atoms with Gasteiger partial charge in [-0.1, -0.05) is 0 Å². The highest BCUT2D eigenvalue weighted by molar-refractivity contribution is 7.89. The van der Waals surface area contributed by atoms with Crippen molar-refractivity contribution >= 4 is 33.7 Å². The first-order chi connectivity index (χ1) is 17.6. The molecule has 2 heterocycles. The summed E-state index contributed by atoms with van der Waals surface area (Å²) in [6.45, 7) is 6.82. The fourth-order valence-corrected chi connectivity index (χ4v) is 5.60. The van der Waals surface area contributed by atoms with Crippen LogP contribution in [-0.2, 0) is 31.4 Å². The molecule has 1 aromatic carbocycles. The van der Waals surface area contributed by atoms with Crippen LogP contribution in [-0.4, -0.2) is 83.5 Å². The molecule has 2 aromatic rings. The predicted octanol–water partition coefficient (Wildman–Crippen LogP) is 2.40. The highest BCUT2D eigenvalue weighted by Gasteiger charge is 2.44. The molecule has 38 heavy (non-hydrogen) atoms. The summed E-state index contributed by atoms with van der Waals surface area (Å²) in [6, 6.07) is 3.94. The molecule has 1 aromatic heterocycles. The lowest BCUT2D eigenvalue weighted by Gasteiger charge is -2.34. The molecule has 0 saturated carbocycles. The molecule has 0 N–H and O–H groups in total. The third kappa shape index (κ3) is 6.51. The Bertz CT molecular complexity index is 1280. The van der Waals surface area contributed by atoms with Crippen LogP contribution in [0.1, 0.15) is 40.5 Å². The molecule has 2 atom stereocenters. The van der Waals surface area contributed by atoms with Crippen molar-refractivity contribution in [3.8, 4) is 5.75 Å². The Morgan fingerprint density at radius 3 is 2.29 bits per heavy atom. The lowest BCUT2D eigenvalue weighted by Crippen LogP contribution is -2.53. The number of hydrogen-bond donors (Lipinski definition) is 0. The minimum atomic E-state index is -4.06. The lowest BCUT2D eigenvalue weighted by molar-refractivity contribution is -0.157. The van der Waals surface area contributed by atoms with Crippen molar-refractivity contribution in [2.45, 2.75) is 63.2 Å². The van der Waals surface area contributed by atoms with Crippen molar-refractivity contribution in [3.63, 3.8) is 0 Å². The quantitative estimate of drug-likeness (QED) is 0.481. The number of benzene rings is 1. The second-order valence-corrected chi connectivity index (χ2v) is 12.2. The van der Waals surface area contributed by atoms with Crippen LogP contribution in [0.4, 0.5) is 10.5 Å².